The van der Waals surface area contributed by atoms with Crippen LogP contribution in [-0.4, -0.2) is 11.1 Å². The highest BCUT2D eigenvalue weighted by atomic mass is 16.4. The van der Waals surface area contributed by atoms with Crippen molar-refractivity contribution in [1.82, 2.24) is 0 Å². The van der Waals surface area contributed by atoms with Crippen LogP contribution in [0.4, 0.5) is 0 Å². The van der Waals surface area contributed by atoms with E-state index in [1.807, 2.05) is 0 Å². The minimum absolute atomic E-state index is 0.0530. The fraction of sp³-hybridized carbons (Fsp3) is 0.923. The molecule has 1 aliphatic carbocycles. The molecule has 0 aliphatic heterocycles. The normalized spacial score (nSPS) is 28.7. The summed E-state index contributed by atoms with van der Waals surface area (Å²) in [5, 5.41) is 8.89. The van der Waals surface area contributed by atoms with Crippen LogP contribution in [-0.2, 0) is 4.79 Å². The Morgan fingerprint density at radius 3 is 2.40 bits per heavy atom. The van der Waals surface area contributed by atoms with Crippen molar-refractivity contribution < 1.29 is 9.90 Å². The van der Waals surface area contributed by atoms with Crippen LogP contribution in [0.5, 0.6) is 0 Å². The first kappa shape index (κ1) is 12.5. The summed E-state index contributed by atoms with van der Waals surface area (Å²) in [6.07, 6.45) is 7.96. The summed E-state index contributed by atoms with van der Waals surface area (Å²) >= 11 is 0. The predicted octanol–water partition coefficient (Wildman–Crippen LogP) is 3.70. The van der Waals surface area contributed by atoms with Crippen molar-refractivity contribution in [2.75, 3.05) is 0 Å². The first-order valence-electron chi connectivity index (χ1n) is 6.36. The Kier molecular flexibility index (Phi) is 5.13. The molecule has 0 amide bonds. The molecule has 0 spiro atoms. The van der Waals surface area contributed by atoms with Crippen LogP contribution in [0, 0.1) is 17.8 Å². The topological polar surface area (TPSA) is 37.3 Å². The van der Waals surface area contributed by atoms with Crippen molar-refractivity contribution >= 4 is 5.97 Å². The van der Waals surface area contributed by atoms with Crippen molar-refractivity contribution in [1.29, 1.82) is 0 Å². The van der Waals surface area contributed by atoms with Crippen LogP contribution in [0.2, 0.25) is 0 Å². The molecule has 1 N–H and O–H groups in total. The maximum atomic E-state index is 10.8. The molecule has 1 fully saturated rings. The molecule has 1 aliphatic rings. The molecule has 15 heavy (non-hydrogen) atoms. The first-order valence-corrected chi connectivity index (χ1v) is 6.36. The van der Waals surface area contributed by atoms with Gasteiger partial charge in [0.1, 0.15) is 0 Å². The summed E-state index contributed by atoms with van der Waals surface area (Å²) < 4.78 is 0. The van der Waals surface area contributed by atoms with E-state index in [4.69, 9.17) is 5.11 Å². The lowest BCUT2D eigenvalue weighted by atomic mass is 9.78. The van der Waals surface area contributed by atoms with Gasteiger partial charge >= 0.3 is 5.97 Å². The zero-order valence-corrected chi connectivity index (χ0v) is 10.0. The maximum Gasteiger partial charge on any atom is 0.306 e. The summed E-state index contributed by atoms with van der Waals surface area (Å²) in [6, 6.07) is 0. The van der Waals surface area contributed by atoms with E-state index < -0.39 is 5.97 Å². The Hall–Kier alpha value is -0.530. The van der Waals surface area contributed by atoms with Crippen molar-refractivity contribution in [2.45, 2.75) is 58.8 Å². The molecule has 88 valence electrons. The lowest BCUT2D eigenvalue weighted by molar-refractivity contribution is -0.143. The van der Waals surface area contributed by atoms with Crippen molar-refractivity contribution in [3.05, 3.63) is 0 Å². The number of hydrogen-bond acceptors (Lipinski definition) is 1. The van der Waals surface area contributed by atoms with Crippen LogP contribution in [0.25, 0.3) is 0 Å². The minimum atomic E-state index is -0.588. The quantitative estimate of drug-likeness (QED) is 0.754. The smallest absolute Gasteiger partial charge is 0.306 e. The van der Waals surface area contributed by atoms with Gasteiger partial charge in [-0.2, -0.15) is 0 Å². The van der Waals surface area contributed by atoms with Gasteiger partial charge < -0.3 is 5.11 Å². The maximum absolute atomic E-state index is 10.8. The second kappa shape index (κ2) is 6.14. The fourth-order valence-electron chi connectivity index (χ4n) is 2.82. The summed E-state index contributed by atoms with van der Waals surface area (Å²) in [7, 11) is 0. The Morgan fingerprint density at radius 2 is 1.93 bits per heavy atom. The molecule has 1 saturated carbocycles. The van der Waals surface area contributed by atoms with Crippen LogP contribution in [0.3, 0.4) is 0 Å². The third-order valence-corrected chi connectivity index (χ3v) is 3.71. The predicted molar refractivity (Wildman–Crippen MR) is 61.8 cm³/mol. The Morgan fingerprint density at radius 1 is 1.33 bits per heavy atom. The van der Waals surface area contributed by atoms with Gasteiger partial charge in [0.05, 0.1) is 5.92 Å². The zero-order valence-electron chi connectivity index (χ0n) is 10.0. The minimum Gasteiger partial charge on any atom is -0.481 e. The van der Waals surface area contributed by atoms with Crippen molar-refractivity contribution in [3.8, 4) is 0 Å². The molecule has 0 aromatic carbocycles. The number of aliphatic carboxylic acids is 1. The lowest BCUT2D eigenvalue weighted by Crippen LogP contribution is -2.22. The van der Waals surface area contributed by atoms with Crippen LogP contribution in [0.1, 0.15) is 58.8 Å². The van der Waals surface area contributed by atoms with Gasteiger partial charge in [-0.05, 0) is 43.9 Å². The van der Waals surface area contributed by atoms with Crippen molar-refractivity contribution in [3.63, 3.8) is 0 Å². The highest BCUT2D eigenvalue weighted by Crippen LogP contribution is 2.33. The molecule has 0 saturated heterocycles. The number of rotatable bonds is 5. The van der Waals surface area contributed by atoms with Gasteiger partial charge in [-0.3, -0.25) is 4.79 Å². The second-order valence-electron chi connectivity index (χ2n) is 5.19. The van der Waals surface area contributed by atoms with Crippen LogP contribution in [0.15, 0.2) is 0 Å². The number of carbonyl (C=O) groups is 1. The van der Waals surface area contributed by atoms with E-state index in [2.05, 4.69) is 13.8 Å². The molecule has 0 aromatic rings. The van der Waals surface area contributed by atoms with E-state index in [0.717, 1.165) is 37.5 Å². The molecule has 2 heteroatoms. The Bertz CT molecular complexity index is 193. The van der Waals surface area contributed by atoms with Crippen LogP contribution < -0.4 is 0 Å². The van der Waals surface area contributed by atoms with Gasteiger partial charge in [0.2, 0.25) is 0 Å². The fourth-order valence-corrected chi connectivity index (χ4v) is 2.82. The molecule has 1 atom stereocenters. The summed E-state index contributed by atoms with van der Waals surface area (Å²) in [6.45, 7) is 4.56. The van der Waals surface area contributed by atoms with E-state index in [1.165, 1.54) is 19.3 Å². The molecule has 0 bridgehead atoms. The summed E-state index contributed by atoms with van der Waals surface area (Å²) in [5.41, 5.74) is 0. The monoisotopic (exact) mass is 212 g/mol. The van der Waals surface area contributed by atoms with Gasteiger partial charge in [-0.25, -0.2) is 0 Å². The van der Waals surface area contributed by atoms with E-state index in [0.29, 0.717) is 0 Å². The molecule has 1 rings (SSSR count). The van der Waals surface area contributed by atoms with E-state index in [1.54, 1.807) is 0 Å². The van der Waals surface area contributed by atoms with E-state index in [9.17, 15) is 4.79 Å². The van der Waals surface area contributed by atoms with Gasteiger partial charge in [0, 0.05) is 0 Å². The van der Waals surface area contributed by atoms with Gasteiger partial charge in [-0.1, -0.05) is 26.7 Å². The number of carboxylic acid groups (broad SMARTS) is 1. The van der Waals surface area contributed by atoms with E-state index in [-0.39, 0.29) is 5.92 Å². The molecule has 1 unspecified atom stereocenters. The molecule has 0 aromatic heterocycles. The summed E-state index contributed by atoms with van der Waals surface area (Å²) in [5.74, 6) is 0.973. The first-order chi connectivity index (χ1) is 7.13. The Labute approximate surface area is 93.1 Å². The molecular formula is C13H24O2. The third kappa shape index (κ3) is 4.23. The second-order valence-corrected chi connectivity index (χ2v) is 5.19. The van der Waals surface area contributed by atoms with Gasteiger partial charge in [-0.15, -0.1) is 0 Å². The average molecular weight is 212 g/mol. The molecule has 2 nitrogen and oxygen atoms in total. The standard InChI is InChI=1S/C13H24O2/c1-3-4-10(2)9-11-5-7-12(8-6-11)13(14)15/h10-12H,3-9H2,1-2H3,(H,14,15). The van der Waals surface area contributed by atoms with E-state index >= 15 is 0 Å². The van der Waals surface area contributed by atoms with Gasteiger partial charge in [0.25, 0.3) is 0 Å². The van der Waals surface area contributed by atoms with Gasteiger partial charge in [0.15, 0.2) is 0 Å². The highest BCUT2D eigenvalue weighted by molar-refractivity contribution is 5.69. The van der Waals surface area contributed by atoms with Crippen LogP contribution >= 0.6 is 0 Å². The third-order valence-electron chi connectivity index (χ3n) is 3.71. The number of carboxylic acids is 1. The van der Waals surface area contributed by atoms with Crippen molar-refractivity contribution in [2.24, 2.45) is 17.8 Å². The highest BCUT2D eigenvalue weighted by Gasteiger charge is 2.26. The SMILES string of the molecule is CCCC(C)CC1CCC(C(=O)O)CC1. The zero-order chi connectivity index (χ0) is 11.3. The molecule has 0 heterocycles. The largest absolute Gasteiger partial charge is 0.481 e. The average Bonchev–Trinajstić information content (AvgIpc) is 2.18. The Balaban J connectivity index is 2.22. The number of hydrogen-bond donors (Lipinski definition) is 1. The molecule has 0 radical (unpaired) electrons. The summed E-state index contributed by atoms with van der Waals surface area (Å²) in [4.78, 5) is 10.8. The lowest BCUT2D eigenvalue weighted by Gasteiger charge is -2.28. The molecular weight excluding hydrogens is 188 g/mol.